The highest BCUT2D eigenvalue weighted by atomic mass is 79.9. The lowest BCUT2D eigenvalue weighted by Gasteiger charge is -2.38. The van der Waals surface area contributed by atoms with Gasteiger partial charge in [0.25, 0.3) is 5.91 Å². The van der Waals surface area contributed by atoms with Crippen LogP contribution in [0.15, 0.2) is 10.6 Å². The van der Waals surface area contributed by atoms with Crippen molar-refractivity contribution in [3.63, 3.8) is 0 Å². The van der Waals surface area contributed by atoms with E-state index >= 15 is 0 Å². The first kappa shape index (κ1) is 28.9. The second kappa shape index (κ2) is 13.7. The Morgan fingerprint density at radius 1 is 1.18 bits per heavy atom. The van der Waals surface area contributed by atoms with Gasteiger partial charge in [-0.15, -0.1) is 0 Å². The van der Waals surface area contributed by atoms with E-state index in [-0.39, 0.29) is 30.0 Å². The lowest BCUT2D eigenvalue weighted by molar-refractivity contribution is -0.227. The van der Waals surface area contributed by atoms with Gasteiger partial charge in [-0.1, -0.05) is 52.4 Å². The zero-order chi connectivity index (χ0) is 25.3. The van der Waals surface area contributed by atoms with Crippen LogP contribution >= 0.6 is 15.9 Å². The molecular formula is C24H38BrNO8. The van der Waals surface area contributed by atoms with Gasteiger partial charge in [0.15, 0.2) is 23.8 Å². The van der Waals surface area contributed by atoms with E-state index in [2.05, 4.69) is 15.9 Å². The van der Waals surface area contributed by atoms with Crippen LogP contribution in [0, 0.1) is 5.92 Å². The number of unbranched alkanes of at least 4 members (excludes halogenated alkanes) is 7. The van der Waals surface area contributed by atoms with Crippen molar-refractivity contribution in [2.75, 3.05) is 20.3 Å². The van der Waals surface area contributed by atoms with Gasteiger partial charge in [0, 0.05) is 20.1 Å². The molecule has 0 radical (unpaired) electrons. The first-order valence-electron chi connectivity index (χ1n) is 12.1. The molecular weight excluding hydrogens is 510 g/mol. The smallest absolute Gasteiger partial charge is 0.417 e. The van der Waals surface area contributed by atoms with Crippen LogP contribution < -0.4 is 0 Å². The molecule has 0 saturated carbocycles. The van der Waals surface area contributed by atoms with Crippen LogP contribution in [0.2, 0.25) is 0 Å². The first-order chi connectivity index (χ1) is 16.2. The Morgan fingerprint density at radius 3 is 2.32 bits per heavy atom. The van der Waals surface area contributed by atoms with Gasteiger partial charge in [0.05, 0.1) is 10.5 Å². The molecule has 9 nitrogen and oxygen atoms in total. The van der Waals surface area contributed by atoms with E-state index in [9.17, 15) is 19.5 Å². The van der Waals surface area contributed by atoms with Crippen molar-refractivity contribution in [2.24, 2.45) is 5.92 Å². The molecule has 194 valence electrons. The molecule has 1 saturated heterocycles. The third-order valence-corrected chi connectivity index (χ3v) is 7.20. The van der Waals surface area contributed by atoms with Crippen LogP contribution in [0.1, 0.15) is 71.6 Å². The number of ketones is 1. The van der Waals surface area contributed by atoms with E-state index in [1.807, 2.05) is 13.8 Å². The SMILES string of the molecule is CO[C@@H](C(=O)N1C(=O)OC[C@H]1C(C)C)[C@H]1O[C@@](O)(CCCCCCCCCCO)C(Br)=CC1=O. The number of methoxy groups -OCH3 is 1. The quantitative estimate of drug-likeness (QED) is 0.317. The number of hydrogen-bond donors (Lipinski definition) is 2. The Labute approximate surface area is 209 Å². The zero-order valence-corrected chi connectivity index (χ0v) is 21.9. The molecule has 34 heavy (non-hydrogen) atoms. The molecule has 0 aromatic heterocycles. The highest BCUT2D eigenvalue weighted by Crippen LogP contribution is 2.36. The average molecular weight is 548 g/mol. The summed E-state index contributed by atoms with van der Waals surface area (Å²) in [6, 6.07) is -0.471. The minimum Gasteiger partial charge on any atom is -0.447 e. The fraction of sp³-hybridized carbons (Fsp3) is 0.792. The van der Waals surface area contributed by atoms with E-state index in [1.165, 1.54) is 13.2 Å². The summed E-state index contributed by atoms with van der Waals surface area (Å²) in [4.78, 5) is 39.1. The normalized spacial score (nSPS) is 26.1. The number of rotatable bonds is 14. The molecule has 4 atom stereocenters. The second-order valence-electron chi connectivity index (χ2n) is 9.27. The van der Waals surface area contributed by atoms with Crippen molar-refractivity contribution in [1.82, 2.24) is 4.90 Å². The largest absolute Gasteiger partial charge is 0.447 e. The summed E-state index contributed by atoms with van der Waals surface area (Å²) >= 11 is 3.24. The van der Waals surface area contributed by atoms with Crippen molar-refractivity contribution in [3.8, 4) is 0 Å². The molecule has 2 rings (SSSR count). The van der Waals surface area contributed by atoms with Crippen molar-refractivity contribution >= 4 is 33.7 Å². The van der Waals surface area contributed by atoms with Gasteiger partial charge in [0.1, 0.15) is 6.61 Å². The molecule has 0 spiro atoms. The number of hydrogen-bond acceptors (Lipinski definition) is 8. The summed E-state index contributed by atoms with van der Waals surface area (Å²) in [5.74, 6) is -3.07. The highest BCUT2D eigenvalue weighted by molar-refractivity contribution is 9.11. The minimum atomic E-state index is -1.76. The Bertz CT molecular complexity index is 742. The van der Waals surface area contributed by atoms with Gasteiger partial charge in [0.2, 0.25) is 0 Å². The molecule has 2 amide bonds. The molecule has 10 heteroatoms. The fourth-order valence-corrected chi connectivity index (χ4v) is 4.76. The number of imide groups is 1. The standard InChI is InChI=1S/C24H38BrNO8/c1-16(2)17-15-33-23(30)26(17)22(29)21(32-3)20-18(28)14-19(25)24(31,34-20)12-10-8-6-4-5-7-9-11-13-27/h14,16-17,20-21,27,31H,4-13,15H2,1-3H3/t17-,20-,21+,24-/m0/s1. The van der Waals surface area contributed by atoms with Crippen LogP contribution in [0.5, 0.6) is 0 Å². The number of aliphatic hydroxyl groups excluding tert-OH is 1. The lowest BCUT2D eigenvalue weighted by atomic mass is 9.97. The number of cyclic esters (lactones) is 1. The van der Waals surface area contributed by atoms with Gasteiger partial charge in [-0.25, -0.2) is 9.69 Å². The first-order valence-corrected chi connectivity index (χ1v) is 12.9. The van der Waals surface area contributed by atoms with E-state index in [0.717, 1.165) is 49.8 Å². The lowest BCUT2D eigenvalue weighted by Crippen LogP contribution is -2.56. The van der Waals surface area contributed by atoms with Gasteiger partial charge in [-0.2, -0.15) is 0 Å². The topological polar surface area (TPSA) is 123 Å². The predicted octanol–water partition coefficient (Wildman–Crippen LogP) is 3.44. The van der Waals surface area contributed by atoms with E-state index in [4.69, 9.17) is 19.3 Å². The molecule has 0 aromatic rings. The van der Waals surface area contributed by atoms with E-state index in [1.54, 1.807) is 0 Å². The van der Waals surface area contributed by atoms with Crippen molar-refractivity contribution in [1.29, 1.82) is 0 Å². The molecule has 0 aromatic carbocycles. The van der Waals surface area contributed by atoms with Gasteiger partial charge < -0.3 is 24.4 Å². The number of halogens is 1. The zero-order valence-electron chi connectivity index (χ0n) is 20.3. The minimum absolute atomic E-state index is 0.0449. The van der Waals surface area contributed by atoms with Gasteiger partial charge in [-0.05, 0) is 40.8 Å². The molecule has 2 aliphatic heterocycles. The summed E-state index contributed by atoms with van der Waals surface area (Å²) in [6.07, 6.45) is 5.59. The molecule has 2 aliphatic rings. The van der Waals surface area contributed by atoms with Crippen LogP contribution in [0.3, 0.4) is 0 Å². The maximum Gasteiger partial charge on any atom is 0.417 e. The van der Waals surface area contributed by atoms with Gasteiger partial charge in [-0.3, -0.25) is 9.59 Å². The summed E-state index contributed by atoms with van der Waals surface area (Å²) < 4.78 is 16.3. The maximum atomic E-state index is 13.2. The van der Waals surface area contributed by atoms with Crippen LogP contribution in [-0.2, 0) is 23.8 Å². The third kappa shape index (κ3) is 7.34. The number of aliphatic hydroxyl groups is 2. The summed E-state index contributed by atoms with van der Waals surface area (Å²) in [5.41, 5.74) is 0. The number of ether oxygens (including phenoxy) is 3. The number of carbonyl (C=O) groups is 3. The Morgan fingerprint density at radius 2 is 1.76 bits per heavy atom. The van der Waals surface area contributed by atoms with Crippen LogP contribution in [0.4, 0.5) is 4.79 Å². The number of nitrogens with zero attached hydrogens (tertiary/aromatic N) is 1. The summed E-state index contributed by atoms with van der Waals surface area (Å²) in [6.45, 7) is 4.05. The van der Waals surface area contributed by atoms with Crippen molar-refractivity contribution in [2.45, 2.75) is 95.7 Å². The highest BCUT2D eigenvalue weighted by Gasteiger charge is 2.50. The maximum absolute atomic E-state index is 13.2. The van der Waals surface area contributed by atoms with Crippen molar-refractivity contribution < 1.29 is 38.8 Å². The van der Waals surface area contributed by atoms with Crippen molar-refractivity contribution in [3.05, 3.63) is 10.6 Å². The predicted molar refractivity (Wildman–Crippen MR) is 128 cm³/mol. The molecule has 0 bridgehead atoms. The second-order valence-corrected chi connectivity index (χ2v) is 10.1. The number of amides is 2. The Kier molecular flexibility index (Phi) is 11.6. The third-order valence-electron chi connectivity index (χ3n) is 6.35. The van der Waals surface area contributed by atoms with Gasteiger partial charge >= 0.3 is 6.09 Å². The number of carbonyl (C=O) groups excluding carboxylic acids is 3. The van der Waals surface area contributed by atoms with E-state index in [0.29, 0.717) is 6.42 Å². The Balaban J connectivity index is 1.98. The monoisotopic (exact) mass is 547 g/mol. The molecule has 2 N–H and O–H groups in total. The Hall–Kier alpha value is -1.33. The molecule has 0 aliphatic carbocycles. The summed E-state index contributed by atoms with van der Waals surface area (Å²) in [7, 11) is 1.26. The molecule has 1 fully saturated rings. The average Bonchev–Trinajstić information content (AvgIpc) is 3.18. The van der Waals surface area contributed by atoms with Crippen LogP contribution in [-0.4, -0.2) is 77.3 Å². The summed E-state index contributed by atoms with van der Waals surface area (Å²) in [5, 5.41) is 19.9. The molecule has 0 unspecified atom stereocenters. The van der Waals surface area contributed by atoms with E-state index < -0.39 is 41.8 Å². The fourth-order valence-electron chi connectivity index (χ4n) is 4.24. The molecule has 2 heterocycles. The van der Waals surface area contributed by atoms with Crippen LogP contribution in [0.25, 0.3) is 0 Å².